The maximum atomic E-state index is 12.8. The molecule has 1 aromatic heterocycles. The number of non-ortho nitro benzene ring substituents is 1. The number of benzene rings is 2. The van der Waals surface area contributed by atoms with Crippen LogP contribution in [0, 0.1) is 24.0 Å². The average Bonchev–Trinajstić information content (AvgIpc) is 3.30. The largest absolute Gasteiger partial charge is 0.457 e. The van der Waals surface area contributed by atoms with Gasteiger partial charge in [0.1, 0.15) is 17.1 Å². The molecule has 1 aliphatic rings. The predicted molar refractivity (Wildman–Crippen MR) is 115 cm³/mol. The lowest BCUT2D eigenvalue weighted by Gasteiger charge is -2.15. The lowest BCUT2D eigenvalue weighted by molar-refractivity contribution is -0.384. The Morgan fingerprint density at radius 3 is 2.55 bits per heavy atom. The lowest BCUT2D eigenvalue weighted by Crippen LogP contribution is -2.35. The second-order valence-corrected chi connectivity index (χ2v) is 7.44. The number of carbonyl (C=O) groups is 2. The zero-order valence-electron chi connectivity index (χ0n) is 16.5. The summed E-state index contributed by atoms with van der Waals surface area (Å²) in [5, 5.41) is 12.5. The van der Waals surface area contributed by atoms with Gasteiger partial charge in [0.25, 0.3) is 17.5 Å². The SMILES string of the molecule is Cc1ccc(N2NC(=O)/C(=C/c3ccc(-c4cc([N+](=O)[O-])ccc4Cl)o3)C2=O)cc1C. The Balaban J connectivity index is 1.64. The third-order valence-corrected chi connectivity index (χ3v) is 5.31. The summed E-state index contributed by atoms with van der Waals surface area (Å²) in [5.41, 5.74) is 5.26. The van der Waals surface area contributed by atoms with Crippen molar-refractivity contribution in [3.8, 4) is 11.3 Å². The van der Waals surface area contributed by atoms with Crippen molar-refractivity contribution in [1.29, 1.82) is 0 Å². The van der Waals surface area contributed by atoms with Crippen LogP contribution in [0.2, 0.25) is 5.02 Å². The number of anilines is 1. The minimum Gasteiger partial charge on any atom is -0.457 e. The summed E-state index contributed by atoms with van der Waals surface area (Å²) in [6, 6.07) is 12.5. The smallest absolute Gasteiger partial charge is 0.282 e. The highest BCUT2D eigenvalue weighted by molar-refractivity contribution is 6.33. The van der Waals surface area contributed by atoms with Crippen LogP contribution in [-0.2, 0) is 9.59 Å². The fourth-order valence-corrected chi connectivity index (χ4v) is 3.35. The number of nitro benzene ring substituents is 1. The van der Waals surface area contributed by atoms with Crippen LogP contribution in [0.1, 0.15) is 16.9 Å². The number of furan rings is 1. The van der Waals surface area contributed by atoms with E-state index in [4.69, 9.17) is 16.0 Å². The summed E-state index contributed by atoms with van der Waals surface area (Å²) in [6.45, 7) is 3.87. The molecule has 1 fully saturated rings. The molecule has 2 heterocycles. The number of hydrogen-bond donors (Lipinski definition) is 1. The zero-order valence-corrected chi connectivity index (χ0v) is 17.3. The van der Waals surface area contributed by atoms with Gasteiger partial charge < -0.3 is 4.42 Å². The van der Waals surface area contributed by atoms with Crippen molar-refractivity contribution in [2.24, 2.45) is 0 Å². The maximum Gasteiger partial charge on any atom is 0.282 e. The van der Waals surface area contributed by atoms with Gasteiger partial charge in [-0.05, 0) is 61.4 Å². The number of hydrogen-bond acceptors (Lipinski definition) is 5. The Hall–Kier alpha value is -3.91. The number of nitro groups is 1. The van der Waals surface area contributed by atoms with E-state index in [1.807, 2.05) is 26.0 Å². The molecule has 1 aliphatic heterocycles. The molecule has 156 valence electrons. The summed E-state index contributed by atoms with van der Waals surface area (Å²) in [6.07, 6.45) is 1.33. The summed E-state index contributed by atoms with van der Waals surface area (Å²) >= 11 is 6.15. The summed E-state index contributed by atoms with van der Waals surface area (Å²) in [4.78, 5) is 35.7. The van der Waals surface area contributed by atoms with Gasteiger partial charge >= 0.3 is 0 Å². The van der Waals surface area contributed by atoms with Crippen molar-refractivity contribution < 1.29 is 18.9 Å². The Morgan fingerprint density at radius 1 is 1.06 bits per heavy atom. The second-order valence-electron chi connectivity index (χ2n) is 7.03. The molecule has 0 atom stereocenters. The molecule has 0 radical (unpaired) electrons. The second kappa shape index (κ2) is 7.73. The number of hydrazine groups is 1. The van der Waals surface area contributed by atoms with Crippen LogP contribution < -0.4 is 10.4 Å². The van der Waals surface area contributed by atoms with Gasteiger partial charge in [-0.1, -0.05) is 17.7 Å². The van der Waals surface area contributed by atoms with Crippen molar-refractivity contribution in [3.05, 3.63) is 86.1 Å². The first-order chi connectivity index (χ1) is 14.7. The standard InChI is InChI=1S/C22H16ClN3O5/c1-12-3-4-14(9-13(12)2)25-22(28)18(21(27)24-25)11-16-6-8-20(31-16)17-10-15(26(29)30)5-7-19(17)23/h3-11H,1-2H3,(H,24,27)/b18-11-. The monoisotopic (exact) mass is 437 g/mol. The summed E-state index contributed by atoms with van der Waals surface area (Å²) < 4.78 is 5.69. The molecule has 0 saturated carbocycles. The van der Waals surface area contributed by atoms with Crippen LogP contribution in [0.15, 0.2) is 58.5 Å². The van der Waals surface area contributed by atoms with E-state index in [1.54, 1.807) is 18.2 Å². The number of nitrogens with zero attached hydrogens (tertiary/aromatic N) is 2. The third kappa shape index (κ3) is 3.80. The van der Waals surface area contributed by atoms with E-state index in [0.29, 0.717) is 11.3 Å². The van der Waals surface area contributed by atoms with Crippen LogP contribution in [0.3, 0.4) is 0 Å². The highest BCUT2D eigenvalue weighted by atomic mass is 35.5. The molecule has 2 amide bonds. The molecule has 0 aliphatic carbocycles. The third-order valence-electron chi connectivity index (χ3n) is 4.98. The van der Waals surface area contributed by atoms with E-state index >= 15 is 0 Å². The van der Waals surface area contributed by atoms with Crippen LogP contribution in [0.25, 0.3) is 17.4 Å². The number of halogens is 1. The van der Waals surface area contributed by atoms with E-state index in [-0.39, 0.29) is 27.8 Å². The van der Waals surface area contributed by atoms with Crippen LogP contribution in [-0.4, -0.2) is 16.7 Å². The number of rotatable bonds is 4. The van der Waals surface area contributed by atoms with Crippen molar-refractivity contribution in [3.63, 3.8) is 0 Å². The van der Waals surface area contributed by atoms with Gasteiger partial charge in [-0.2, -0.15) is 0 Å². The number of amides is 2. The van der Waals surface area contributed by atoms with Crippen LogP contribution >= 0.6 is 11.6 Å². The van der Waals surface area contributed by atoms with Gasteiger partial charge in [0.05, 0.1) is 15.6 Å². The van der Waals surface area contributed by atoms with Gasteiger partial charge in [-0.25, -0.2) is 5.01 Å². The molecule has 0 spiro atoms. The van der Waals surface area contributed by atoms with Crippen molar-refractivity contribution in [2.75, 3.05) is 5.01 Å². The Morgan fingerprint density at radius 2 is 1.84 bits per heavy atom. The van der Waals surface area contributed by atoms with E-state index in [9.17, 15) is 19.7 Å². The first-order valence-corrected chi connectivity index (χ1v) is 9.61. The van der Waals surface area contributed by atoms with Gasteiger partial charge in [0.15, 0.2) is 0 Å². The highest BCUT2D eigenvalue weighted by Crippen LogP contribution is 2.33. The number of aryl methyl sites for hydroxylation is 2. The summed E-state index contributed by atoms with van der Waals surface area (Å²) in [5.74, 6) is -0.565. The highest BCUT2D eigenvalue weighted by Gasteiger charge is 2.35. The Kier molecular flexibility index (Phi) is 5.08. The Bertz CT molecular complexity index is 1280. The first-order valence-electron chi connectivity index (χ1n) is 9.23. The average molecular weight is 438 g/mol. The molecule has 8 nitrogen and oxygen atoms in total. The molecule has 3 aromatic rings. The molecule has 0 unspecified atom stereocenters. The van der Waals surface area contributed by atoms with Gasteiger partial charge in [0, 0.05) is 17.7 Å². The van der Waals surface area contributed by atoms with E-state index < -0.39 is 16.7 Å². The quantitative estimate of drug-likeness (QED) is 0.278. The van der Waals surface area contributed by atoms with E-state index in [1.165, 1.54) is 29.3 Å². The predicted octanol–water partition coefficient (Wildman–Crippen LogP) is 4.59. The van der Waals surface area contributed by atoms with Crippen LogP contribution in [0.5, 0.6) is 0 Å². The molecule has 1 saturated heterocycles. The minimum atomic E-state index is -0.561. The van der Waals surface area contributed by atoms with Gasteiger partial charge in [-0.15, -0.1) is 0 Å². The molecular weight excluding hydrogens is 422 g/mol. The lowest BCUT2D eigenvalue weighted by atomic mass is 10.1. The van der Waals surface area contributed by atoms with Gasteiger partial charge in [-0.3, -0.25) is 25.1 Å². The first kappa shape index (κ1) is 20.4. The van der Waals surface area contributed by atoms with Gasteiger partial charge in [0.2, 0.25) is 0 Å². The molecule has 2 aromatic carbocycles. The molecule has 1 N–H and O–H groups in total. The topological polar surface area (TPSA) is 106 Å². The van der Waals surface area contributed by atoms with E-state index in [2.05, 4.69) is 5.43 Å². The molecule has 0 bridgehead atoms. The Labute approximate surface area is 181 Å². The maximum absolute atomic E-state index is 12.8. The molecule has 31 heavy (non-hydrogen) atoms. The molecule has 9 heteroatoms. The van der Waals surface area contributed by atoms with Crippen LogP contribution in [0.4, 0.5) is 11.4 Å². The fourth-order valence-electron chi connectivity index (χ4n) is 3.14. The normalized spacial score (nSPS) is 14.9. The number of carbonyl (C=O) groups excluding carboxylic acids is 2. The summed E-state index contributed by atoms with van der Waals surface area (Å²) in [7, 11) is 0. The number of nitrogens with one attached hydrogen (secondary N) is 1. The van der Waals surface area contributed by atoms with Crippen molar-refractivity contribution in [2.45, 2.75) is 13.8 Å². The fraction of sp³-hybridized carbons (Fsp3) is 0.0909. The molecular formula is C22H16ClN3O5. The van der Waals surface area contributed by atoms with E-state index in [0.717, 1.165) is 11.1 Å². The zero-order chi connectivity index (χ0) is 22.3. The minimum absolute atomic E-state index is 0.0933. The molecule has 4 rings (SSSR count). The van der Waals surface area contributed by atoms with Crippen molar-refractivity contribution in [1.82, 2.24) is 5.43 Å². The van der Waals surface area contributed by atoms with Crippen molar-refractivity contribution >= 4 is 40.9 Å².